The predicted molar refractivity (Wildman–Crippen MR) is 100 cm³/mol. The maximum Gasteiger partial charge on any atom is 0.242 e. The summed E-state index contributed by atoms with van der Waals surface area (Å²) in [6.45, 7) is 2.10. The minimum atomic E-state index is -0.268. The molecule has 28 heavy (non-hydrogen) atoms. The third kappa shape index (κ3) is 4.24. The van der Waals surface area contributed by atoms with Crippen molar-refractivity contribution < 1.29 is 18.4 Å². The number of aromatic nitrogens is 1. The van der Waals surface area contributed by atoms with Gasteiger partial charge in [0.25, 0.3) is 0 Å². The number of likely N-dealkylation sites (tertiary alicyclic amines) is 2. The summed E-state index contributed by atoms with van der Waals surface area (Å²) in [6, 6.07) is 6.44. The highest BCUT2D eigenvalue weighted by atomic mass is 19.1. The smallest absolute Gasteiger partial charge is 0.242 e. The average Bonchev–Trinajstić information content (AvgIpc) is 3.31. The summed E-state index contributed by atoms with van der Waals surface area (Å²) in [5, 5.41) is 0. The fourth-order valence-electron chi connectivity index (χ4n) is 3.98. The van der Waals surface area contributed by atoms with E-state index in [-0.39, 0.29) is 30.1 Å². The third-order valence-corrected chi connectivity index (χ3v) is 5.46. The van der Waals surface area contributed by atoms with E-state index in [4.69, 9.17) is 4.42 Å². The van der Waals surface area contributed by atoms with E-state index in [9.17, 15) is 14.0 Å². The first-order chi connectivity index (χ1) is 13.6. The van der Waals surface area contributed by atoms with Gasteiger partial charge in [0, 0.05) is 32.5 Å². The second kappa shape index (κ2) is 8.12. The monoisotopic (exact) mass is 385 g/mol. The van der Waals surface area contributed by atoms with Crippen LogP contribution in [0.25, 0.3) is 0 Å². The number of hydrogen-bond acceptors (Lipinski definition) is 4. The van der Waals surface area contributed by atoms with E-state index in [1.807, 2.05) is 11.0 Å². The van der Waals surface area contributed by atoms with Crippen LogP contribution in [0.1, 0.15) is 48.8 Å². The lowest BCUT2D eigenvalue weighted by atomic mass is 9.98. The molecule has 2 saturated heterocycles. The molecule has 2 amide bonds. The Labute approximate surface area is 163 Å². The van der Waals surface area contributed by atoms with E-state index in [2.05, 4.69) is 4.98 Å². The normalized spacial score (nSPS) is 20.0. The number of piperidine rings is 1. The van der Waals surface area contributed by atoms with Crippen LogP contribution in [0, 0.1) is 5.82 Å². The summed E-state index contributed by atoms with van der Waals surface area (Å²) >= 11 is 0. The quantitative estimate of drug-likeness (QED) is 0.794. The van der Waals surface area contributed by atoms with Crippen molar-refractivity contribution in [3.8, 4) is 0 Å². The van der Waals surface area contributed by atoms with Gasteiger partial charge < -0.3 is 14.2 Å². The molecule has 0 N–H and O–H groups in total. The number of carbonyl (C=O) groups excluding carboxylic acids is 2. The molecule has 2 aliphatic heterocycles. The first kappa shape index (κ1) is 18.7. The lowest BCUT2D eigenvalue weighted by molar-refractivity contribution is -0.139. The lowest BCUT2D eigenvalue weighted by Crippen LogP contribution is -2.45. The number of carbonyl (C=O) groups is 2. The van der Waals surface area contributed by atoms with E-state index >= 15 is 0 Å². The summed E-state index contributed by atoms with van der Waals surface area (Å²) in [5.41, 5.74) is 0.832. The van der Waals surface area contributed by atoms with Crippen LogP contribution < -0.4 is 0 Å². The van der Waals surface area contributed by atoms with Gasteiger partial charge in [-0.3, -0.25) is 9.59 Å². The molecule has 1 aromatic heterocycles. The van der Waals surface area contributed by atoms with Gasteiger partial charge >= 0.3 is 0 Å². The maximum atomic E-state index is 13.3. The maximum absolute atomic E-state index is 13.3. The molecule has 2 aliphatic rings. The standard InChI is InChI=1S/C21H24FN3O3/c22-17-6-1-4-15(10-17)11-18-12-23-21(28-18)16-5-2-8-24(13-16)20(27)14-25-9-3-7-19(25)26/h1,4,6,10,12,16H,2-3,5,7-9,11,13-14H2. The second-order valence-electron chi connectivity index (χ2n) is 7.57. The van der Waals surface area contributed by atoms with Gasteiger partial charge in [0.15, 0.2) is 5.89 Å². The summed E-state index contributed by atoms with van der Waals surface area (Å²) < 4.78 is 19.3. The van der Waals surface area contributed by atoms with Crippen molar-refractivity contribution >= 4 is 11.8 Å². The van der Waals surface area contributed by atoms with E-state index in [1.165, 1.54) is 12.1 Å². The molecular weight excluding hydrogens is 361 g/mol. The number of benzene rings is 1. The highest BCUT2D eigenvalue weighted by Gasteiger charge is 2.30. The molecule has 0 spiro atoms. The molecule has 148 valence electrons. The lowest BCUT2D eigenvalue weighted by Gasteiger charge is -2.32. The molecule has 0 radical (unpaired) electrons. The topological polar surface area (TPSA) is 66.7 Å². The highest BCUT2D eigenvalue weighted by molar-refractivity contribution is 5.86. The van der Waals surface area contributed by atoms with Crippen molar-refractivity contribution in [2.45, 2.75) is 38.0 Å². The Kier molecular flexibility index (Phi) is 5.41. The van der Waals surface area contributed by atoms with Gasteiger partial charge in [0.05, 0.1) is 18.7 Å². The molecule has 0 bridgehead atoms. The van der Waals surface area contributed by atoms with Crippen LogP contribution in [0.2, 0.25) is 0 Å². The Morgan fingerprint density at radius 1 is 1.29 bits per heavy atom. The third-order valence-electron chi connectivity index (χ3n) is 5.46. The van der Waals surface area contributed by atoms with Gasteiger partial charge in [0.2, 0.25) is 11.8 Å². The molecule has 4 rings (SSSR count). The van der Waals surface area contributed by atoms with Gasteiger partial charge in [0.1, 0.15) is 11.6 Å². The number of hydrogen-bond donors (Lipinski definition) is 0. The van der Waals surface area contributed by atoms with Crippen LogP contribution in [0.15, 0.2) is 34.9 Å². The summed E-state index contributed by atoms with van der Waals surface area (Å²) in [5.74, 6) is 1.15. The summed E-state index contributed by atoms with van der Waals surface area (Å²) in [4.78, 5) is 32.2. The van der Waals surface area contributed by atoms with Crippen LogP contribution >= 0.6 is 0 Å². The Morgan fingerprint density at radius 2 is 2.18 bits per heavy atom. The number of halogens is 1. The first-order valence-electron chi connectivity index (χ1n) is 9.83. The molecule has 2 fully saturated rings. The van der Waals surface area contributed by atoms with Gasteiger partial charge in [-0.25, -0.2) is 9.37 Å². The fraction of sp³-hybridized carbons (Fsp3) is 0.476. The first-order valence-corrected chi connectivity index (χ1v) is 9.83. The Hall–Kier alpha value is -2.70. The molecule has 1 atom stereocenters. The van der Waals surface area contributed by atoms with Crippen LogP contribution in [-0.2, 0) is 16.0 Å². The van der Waals surface area contributed by atoms with E-state index in [1.54, 1.807) is 17.2 Å². The zero-order valence-corrected chi connectivity index (χ0v) is 15.8. The Bertz CT molecular complexity index is 866. The van der Waals surface area contributed by atoms with Crippen molar-refractivity contribution in [3.63, 3.8) is 0 Å². The zero-order chi connectivity index (χ0) is 19.5. The van der Waals surface area contributed by atoms with Crippen molar-refractivity contribution in [2.75, 3.05) is 26.2 Å². The molecule has 0 aliphatic carbocycles. The number of nitrogens with zero attached hydrogens (tertiary/aromatic N) is 3. The fourth-order valence-corrected chi connectivity index (χ4v) is 3.98. The molecule has 6 nitrogen and oxygen atoms in total. The number of rotatable bonds is 5. The largest absolute Gasteiger partial charge is 0.445 e. The average molecular weight is 385 g/mol. The van der Waals surface area contributed by atoms with Gasteiger partial charge in [-0.15, -0.1) is 0 Å². The zero-order valence-electron chi connectivity index (χ0n) is 15.8. The van der Waals surface area contributed by atoms with E-state index in [0.717, 1.165) is 24.8 Å². The van der Waals surface area contributed by atoms with Crippen molar-refractivity contribution in [3.05, 3.63) is 53.5 Å². The molecular formula is C21H24FN3O3. The van der Waals surface area contributed by atoms with Crippen molar-refractivity contribution in [1.29, 1.82) is 0 Å². The van der Waals surface area contributed by atoms with Crippen LogP contribution in [0.4, 0.5) is 4.39 Å². The summed E-state index contributed by atoms with van der Waals surface area (Å²) in [7, 11) is 0. The summed E-state index contributed by atoms with van der Waals surface area (Å²) in [6.07, 6.45) is 5.33. The molecule has 2 aromatic rings. The van der Waals surface area contributed by atoms with Crippen molar-refractivity contribution in [1.82, 2.24) is 14.8 Å². The number of oxazole rings is 1. The molecule has 1 aromatic carbocycles. The van der Waals surface area contributed by atoms with Gasteiger partial charge in [-0.2, -0.15) is 0 Å². The number of amides is 2. The minimum Gasteiger partial charge on any atom is -0.445 e. The van der Waals surface area contributed by atoms with Crippen LogP contribution in [0.5, 0.6) is 0 Å². The van der Waals surface area contributed by atoms with Crippen LogP contribution in [-0.4, -0.2) is 52.8 Å². The molecule has 7 heteroatoms. The predicted octanol–water partition coefficient (Wildman–Crippen LogP) is 2.73. The van der Waals surface area contributed by atoms with Gasteiger partial charge in [-0.05, 0) is 37.0 Å². The van der Waals surface area contributed by atoms with E-state index < -0.39 is 0 Å². The molecule has 1 unspecified atom stereocenters. The Morgan fingerprint density at radius 3 is 2.96 bits per heavy atom. The second-order valence-corrected chi connectivity index (χ2v) is 7.57. The van der Waals surface area contributed by atoms with E-state index in [0.29, 0.717) is 44.1 Å². The molecule has 3 heterocycles. The molecule has 0 saturated carbocycles. The van der Waals surface area contributed by atoms with Crippen LogP contribution in [0.3, 0.4) is 0 Å². The minimum absolute atomic E-state index is 0.00788. The SMILES string of the molecule is O=C1CCCN1CC(=O)N1CCCC(c2ncc(Cc3cccc(F)c3)o2)C1. The highest BCUT2D eigenvalue weighted by Crippen LogP contribution is 2.27. The Balaban J connectivity index is 1.37. The van der Waals surface area contributed by atoms with Gasteiger partial charge in [-0.1, -0.05) is 12.1 Å². The van der Waals surface area contributed by atoms with Crippen molar-refractivity contribution in [2.24, 2.45) is 0 Å².